The lowest BCUT2D eigenvalue weighted by molar-refractivity contribution is 0.0526. The fraction of sp³-hybridized carbons (Fsp3) is 0.409. The number of hydrogen-bond acceptors (Lipinski definition) is 4. The van der Waals surface area contributed by atoms with Crippen molar-refractivity contribution in [2.45, 2.75) is 53.4 Å². The van der Waals surface area contributed by atoms with Crippen molar-refractivity contribution in [1.82, 2.24) is 0 Å². The first kappa shape index (κ1) is 19.8. The van der Waals surface area contributed by atoms with Crippen molar-refractivity contribution < 1.29 is 19.7 Å². The van der Waals surface area contributed by atoms with Crippen LogP contribution in [0.3, 0.4) is 0 Å². The number of phenolic OH excluding ortho intramolecular Hbond substituents is 2. The van der Waals surface area contributed by atoms with Crippen LogP contribution in [0.25, 0.3) is 0 Å². The van der Waals surface area contributed by atoms with Crippen molar-refractivity contribution >= 4 is 5.97 Å². The van der Waals surface area contributed by atoms with Gasteiger partial charge in [0.1, 0.15) is 11.5 Å². The van der Waals surface area contributed by atoms with Gasteiger partial charge in [-0.1, -0.05) is 38.5 Å². The summed E-state index contributed by atoms with van der Waals surface area (Å²) in [5.41, 5.74) is 4.04. The zero-order chi connectivity index (χ0) is 19.6. The average Bonchev–Trinajstić information content (AvgIpc) is 2.53. The zero-order valence-electron chi connectivity index (χ0n) is 16.4. The molecular formula is C22H28O4. The number of phenols is 2. The number of hydrogen-bond donors (Lipinski definition) is 2. The molecule has 0 radical (unpaired) electrons. The van der Waals surface area contributed by atoms with Gasteiger partial charge >= 0.3 is 5.97 Å². The van der Waals surface area contributed by atoms with Crippen LogP contribution in [0.4, 0.5) is 0 Å². The fourth-order valence-electron chi connectivity index (χ4n) is 3.09. The van der Waals surface area contributed by atoms with Crippen molar-refractivity contribution in [2.75, 3.05) is 6.61 Å². The van der Waals surface area contributed by atoms with Gasteiger partial charge in [-0.15, -0.1) is 0 Å². The molecule has 0 aliphatic carbocycles. The van der Waals surface area contributed by atoms with E-state index in [1.165, 1.54) is 0 Å². The smallest absolute Gasteiger partial charge is 0.338 e. The van der Waals surface area contributed by atoms with Crippen molar-refractivity contribution in [1.29, 1.82) is 0 Å². The quantitative estimate of drug-likeness (QED) is 0.774. The summed E-state index contributed by atoms with van der Waals surface area (Å²) >= 11 is 0. The van der Waals surface area contributed by atoms with E-state index in [4.69, 9.17) is 4.74 Å². The summed E-state index contributed by atoms with van der Waals surface area (Å²) in [6, 6.07) is 7.15. The maximum Gasteiger partial charge on any atom is 0.338 e. The molecule has 4 heteroatoms. The van der Waals surface area contributed by atoms with Crippen LogP contribution in [0.2, 0.25) is 0 Å². The van der Waals surface area contributed by atoms with Gasteiger partial charge in [-0.2, -0.15) is 0 Å². The van der Waals surface area contributed by atoms with E-state index in [-0.39, 0.29) is 16.9 Å². The molecule has 0 heterocycles. The van der Waals surface area contributed by atoms with Crippen LogP contribution >= 0.6 is 0 Å². The largest absolute Gasteiger partial charge is 0.507 e. The molecule has 0 amide bonds. The minimum atomic E-state index is -0.416. The van der Waals surface area contributed by atoms with Gasteiger partial charge in [0, 0.05) is 6.42 Å². The van der Waals surface area contributed by atoms with Crippen LogP contribution in [0.1, 0.15) is 65.9 Å². The van der Waals surface area contributed by atoms with Gasteiger partial charge in [0.05, 0.1) is 12.2 Å². The molecule has 0 aliphatic rings. The topological polar surface area (TPSA) is 66.8 Å². The molecule has 0 spiro atoms. The summed E-state index contributed by atoms with van der Waals surface area (Å²) in [4.78, 5) is 12.1. The summed E-state index contributed by atoms with van der Waals surface area (Å²) < 4.78 is 5.06. The van der Waals surface area contributed by atoms with Gasteiger partial charge in [0.25, 0.3) is 0 Å². The van der Waals surface area contributed by atoms with Crippen molar-refractivity contribution in [2.24, 2.45) is 0 Å². The summed E-state index contributed by atoms with van der Waals surface area (Å²) in [6.07, 6.45) is 0.330. The van der Waals surface area contributed by atoms with Gasteiger partial charge < -0.3 is 14.9 Å². The predicted octanol–water partition coefficient (Wildman–Crippen LogP) is 4.78. The molecule has 140 valence electrons. The normalized spacial score (nSPS) is 11.5. The van der Waals surface area contributed by atoms with E-state index in [2.05, 4.69) is 0 Å². The van der Waals surface area contributed by atoms with E-state index >= 15 is 0 Å². The second-order valence-electron chi connectivity index (χ2n) is 7.77. The summed E-state index contributed by atoms with van der Waals surface area (Å²) in [6.45, 7) is 11.9. The van der Waals surface area contributed by atoms with Gasteiger partial charge in [0.2, 0.25) is 0 Å². The number of aryl methyl sites for hydroxylation is 2. The van der Waals surface area contributed by atoms with E-state index in [0.29, 0.717) is 29.7 Å². The molecule has 2 N–H and O–H groups in total. The summed E-state index contributed by atoms with van der Waals surface area (Å²) in [5, 5.41) is 21.2. The van der Waals surface area contributed by atoms with Crippen molar-refractivity contribution in [3.63, 3.8) is 0 Å². The molecule has 0 atom stereocenters. The lowest BCUT2D eigenvalue weighted by atomic mass is 9.83. The number of rotatable bonds is 4. The molecule has 0 saturated heterocycles. The Hall–Kier alpha value is -2.49. The van der Waals surface area contributed by atoms with Gasteiger partial charge in [-0.3, -0.25) is 0 Å². The molecule has 0 bridgehead atoms. The van der Waals surface area contributed by atoms with Gasteiger partial charge in [-0.05, 0) is 60.6 Å². The molecule has 2 rings (SSSR count). The molecule has 0 aliphatic heterocycles. The summed E-state index contributed by atoms with van der Waals surface area (Å²) in [7, 11) is 0. The Bertz CT molecular complexity index is 829. The predicted molar refractivity (Wildman–Crippen MR) is 103 cm³/mol. The van der Waals surface area contributed by atoms with E-state index < -0.39 is 5.97 Å². The molecular weight excluding hydrogens is 328 g/mol. The highest BCUT2D eigenvalue weighted by molar-refractivity contribution is 5.90. The number of carbonyl (C=O) groups excluding carboxylic acids is 1. The maximum absolute atomic E-state index is 12.1. The summed E-state index contributed by atoms with van der Waals surface area (Å²) in [5.74, 6) is -0.0429. The minimum absolute atomic E-state index is 0.135. The molecule has 0 saturated carbocycles. The average molecular weight is 356 g/mol. The Morgan fingerprint density at radius 1 is 1.00 bits per heavy atom. The zero-order valence-corrected chi connectivity index (χ0v) is 16.4. The first-order valence-corrected chi connectivity index (χ1v) is 8.87. The Kier molecular flexibility index (Phi) is 5.65. The molecule has 0 unspecified atom stereocenters. The Labute approximate surface area is 155 Å². The number of aromatic hydroxyl groups is 2. The molecule has 2 aromatic carbocycles. The van der Waals surface area contributed by atoms with Crippen molar-refractivity contribution in [3.8, 4) is 11.5 Å². The molecule has 2 aromatic rings. The molecule has 0 fully saturated rings. The Morgan fingerprint density at radius 3 is 2.19 bits per heavy atom. The Morgan fingerprint density at radius 2 is 1.62 bits per heavy atom. The lowest BCUT2D eigenvalue weighted by Crippen LogP contribution is -2.13. The number of ether oxygens (including phenoxy) is 1. The first-order chi connectivity index (χ1) is 12.0. The standard InChI is InChI=1S/C22H28O4/c1-7-26-21(25)17-10-14(3)19(23)16(12-17)11-15-8-13(2)9-18(20(15)24)22(4,5)6/h8-10,12,23-24H,7,11H2,1-6H3. The molecule has 0 aromatic heterocycles. The number of benzene rings is 2. The van der Waals surface area contributed by atoms with Crippen molar-refractivity contribution in [3.05, 3.63) is 57.6 Å². The second-order valence-corrected chi connectivity index (χ2v) is 7.77. The highest BCUT2D eigenvalue weighted by atomic mass is 16.5. The minimum Gasteiger partial charge on any atom is -0.507 e. The third-order valence-corrected chi connectivity index (χ3v) is 4.41. The van der Waals surface area contributed by atoms with Crippen LogP contribution in [0, 0.1) is 13.8 Å². The monoisotopic (exact) mass is 356 g/mol. The number of esters is 1. The Balaban J connectivity index is 2.52. The highest BCUT2D eigenvalue weighted by Crippen LogP contribution is 2.37. The lowest BCUT2D eigenvalue weighted by Gasteiger charge is -2.23. The fourth-order valence-corrected chi connectivity index (χ4v) is 3.09. The van der Waals surface area contributed by atoms with Gasteiger partial charge in [-0.25, -0.2) is 4.79 Å². The van der Waals surface area contributed by atoms with E-state index in [0.717, 1.165) is 16.7 Å². The second kappa shape index (κ2) is 7.40. The highest BCUT2D eigenvalue weighted by Gasteiger charge is 2.22. The SMILES string of the molecule is CCOC(=O)c1cc(C)c(O)c(Cc2cc(C)cc(C(C)(C)C)c2O)c1. The van der Waals surface area contributed by atoms with E-state index in [1.54, 1.807) is 26.0 Å². The van der Waals surface area contributed by atoms with Crippen LogP contribution in [0.5, 0.6) is 11.5 Å². The molecule has 26 heavy (non-hydrogen) atoms. The van der Waals surface area contributed by atoms with E-state index in [9.17, 15) is 15.0 Å². The van der Waals surface area contributed by atoms with Gasteiger partial charge in [0.15, 0.2) is 0 Å². The van der Waals surface area contributed by atoms with Crippen LogP contribution in [-0.4, -0.2) is 22.8 Å². The number of carbonyl (C=O) groups is 1. The first-order valence-electron chi connectivity index (χ1n) is 8.87. The van der Waals surface area contributed by atoms with Crippen LogP contribution < -0.4 is 0 Å². The van der Waals surface area contributed by atoms with Crippen LogP contribution in [0.15, 0.2) is 24.3 Å². The van der Waals surface area contributed by atoms with E-state index in [1.807, 2.05) is 39.8 Å². The third-order valence-electron chi connectivity index (χ3n) is 4.41. The third kappa shape index (κ3) is 4.18. The molecule has 4 nitrogen and oxygen atoms in total. The van der Waals surface area contributed by atoms with Crippen LogP contribution in [-0.2, 0) is 16.6 Å². The maximum atomic E-state index is 12.1.